The summed E-state index contributed by atoms with van der Waals surface area (Å²) in [7, 11) is 0. The van der Waals surface area contributed by atoms with Gasteiger partial charge in [0.2, 0.25) is 0 Å². The van der Waals surface area contributed by atoms with Crippen LogP contribution in [0.2, 0.25) is 10.0 Å². The van der Waals surface area contributed by atoms with E-state index in [0.717, 1.165) is 4.47 Å². The zero-order valence-electron chi connectivity index (χ0n) is 14.7. The third kappa shape index (κ3) is 5.67. The number of nitrogens with one attached hydrogen (secondary N) is 1. The maximum absolute atomic E-state index is 12.5. The van der Waals surface area contributed by atoms with Crippen LogP contribution in [0.15, 0.2) is 76.3 Å². The molecule has 1 N–H and O–H groups in total. The van der Waals surface area contributed by atoms with Crippen molar-refractivity contribution >= 4 is 57.2 Å². The molecule has 0 aliphatic heterocycles. The van der Waals surface area contributed by atoms with Crippen molar-refractivity contribution in [2.24, 2.45) is 5.10 Å². The van der Waals surface area contributed by atoms with Crippen molar-refractivity contribution in [2.75, 3.05) is 0 Å². The number of hydrazone groups is 1. The van der Waals surface area contributed by atoms with Crippen LogP contribution in [0.1, 0.15) is 26.3 Å². The van der Waals surface area contributed by atoms with Gasteiger partial charge in [-0.1, -0.05) is 57.3 Å². The number of halogens is 3. The monoisotopic (exact) mass is 490 g/mol. The van der Waals surface area contributed by atoms with Gasteiger partial charge in [-0.2, -0.15) is 5.10 Å². The largest absolute Gasteiger partial charge is 0.422 e. The molecule has 29 heavy (non-hydrogen) atoms. The summed E-state index contributed by atoms with van der Waals surface area (Å²) in [5.41, 5.74) is 3.57. The van der Waals surface area contributed by atoms with Crippen molar-refractivity contribution in [1.29, 1.82) is 0 Å². The number of nitrogens with zero attached hydrogens (tertiary/aromatic N) is 1. The number of esters is 1. The fourth-order valence-electron chi connectivity index (χ4n) is 2.34. The first kappa shape index (κ1) is 21.0. The highest BCUT2D eigenvalue weighted by Gasteiger charge is 2.15. The molecule has 0 aromatic heterocycles. The SMILES string of the molecule is O=C(N/N=C/c1cc(Br)ccc1OC(=O)c1ccc(Cl)cc1Cl)c1ccccc1. The lowest BCUT2D eigenvalue weighted by Gasteiger charge is -2.09. The van der Waals surface area contributed by atoms with Gasteiger partial charge in [-0.15, -0.1) is 0 Å². The van der Waals surface area contributed by atoms with Gasteiger partial charge in [-0.3, -0.25) is 4.79 Å². The number of rotatable bonds is 5. The van der Waals surface area contributed by atoms with Crippen LogP contribution < -0.4 is 10.2 Å². The van der Waals surface area contributed by atoms with Crippen molar-refractivity contribution in [3.63, 3.8) is 0 Å². The third-order valence-corrected chi connectivity index (χ3v) is 4.77. The van der Waals surface area contributed by atoms with Crippen LogP contribution in [0.4, 0.5) is 0 Å². The molecular weight excluding hydrogens is 479 g/mol. The van der Waals surface area contributed by atoms with Gasteiger partial charge >= 0.3 is 5.97 Å². The molecule has 0 radical (unpaired) electrons. The summed E-state index contributed by atoms with van der Waals surface area (Å²) in [6.07, 6.45) is 1.39. The molecule has 0 fully saturated rings. The van der Waals surface area contributed by atoms with Crippen LogP contribution in [0.5, 0.6) is 5.75 Å². The first-order chi connectivity index (χ1) is 13.9. The van der Waals surface area contributed by atoms with Crippen LogP contribution in [0.25, 0.3) is 0 Å². The number of hydrogen-bond donors (Lipinski definition) is 1. The number of carbonyl (C=O) groups is 2. The smallest absolute Gasteiger partial charge is 0.345 e. The maximum atomic E-state index is 12.5. The Morgan fingerprint density at radius 1 is 1.00 bits per heavy atom. The number of carbonyl (C=O) groups excluding carboxylic acids is 2. The molecule has 3 rings (SSSR count). The lowest BCUT2D eigenvalue weighted by molar-refractivity contribution is 0.0734. The topological polar surface area (TPSA) is 67.8 Å². The molecule has 0 heterocycles. The summed E-state index contributed by atoms with van der Waals surface area (Å²) in [4.78, 5) is 24.5. The zero-order valence-corrected chi connectivity index (χ0v) is 17.8. The fraction of sp³-hybridized carbons (Fsp3) is 0. The van der Waals surface area contributed by atoms with E-state index in [1.165, 1.54) is 18.3 Å². The Labute approximate surface area is 185 Å². The Morgan fingerprint density at radius 3 is 2.48 bits per heavy atom. The van der Waals surface area contributed by atoms with Gasteiger partial charge in [0.1, 0.15) is 5.75 Å². The molecule has 0 aliphatic carbocycles. The molecule has 0 unspecified atom stereocenters. The molecule has 8 heteroatoms. The molecule has 0 saturated heterocycles. The predicted molar refractivity (Wildman–Crippen MR) is 117 cm³/mol. The first-order valence-electron chi connectivity index (χ1n) is 8.29. The molecule has 0 saturated carbocycles. The van der Waals surface area contributed by atoms with E-state index in [1.54, 1.807) is 48.5 Å². The predicted octanol–water partition coefficient (Wildman–Crippen LogP) is 5.74. The Balaban J connectivity index is 1.77. The van der Waals surface area contributed by atoms with E-state index in [1.807, 2.05) is 6.07 Å². The second-order valence-electron chi connectivity index (χ2n) is 5.76. The number of hydrogen-bond acceptors (Lipinski definition) is 4. The minimum atomic E-state index is -0.642. The van der Waals surface area contributed by atoms with Crippen LogP contribution in [0.3, 0.4) is 0 Å². The van der Waals surface area contributed by atoms with E-state index in [2.05, 4.69) is 26.5 Å². The molecule has 0 atom stereocenters. The van der Waals surface area contributed by atoms with Crippen molar-refractivity contribution in [3.8, 4) is 5.75 Å². The molecule has 0 bridgehead atoms. The number of amides is 1. The minimum Gasteiger partial charge on any atom is -0.422 e. The molecular formula is C21H13BrCl2N2O3. The molecule has 146 valence electrons. The van der Waals surface area contributed by atoms with Gasteiger partial charge < -0.3 is 4.74 Å². The van der Waals surface area contributed by atoms with E-state index < -0.39 is 5.97 Å². The molecule has 1 amide bonds. The van der Waals surface area contributed by atoms with Gasteiger partial charge in [-0.05, 0) is 48.5 Å². The van der Waals surface area contributed by atoms with E-state index in [4.69, 9.17) is 27.9 Å². The Kier molecular flexibility index (Phi) is 7.04. The highest BCUT2D eigenvalue weighted by molar-refractivity contribution is 9.10. The van der Waals surface area contributed by atoms with Crippen LogP contribution >= 0.6 is 39.1 Å². The summed E-state index contributed by atoms with van der Waals surface area (Å²) in [5.74, 6) is -0.748. The van der Waals surface area contributed by atoms with Gasteiger partial charge in [-0.25, -0.2) is 10.2 Å². The minimum absolute atomic E-state index is 0.180. The third-order valence-electron chi connectivity index (χ3n) is 3.73. The first-order valence-corrected chi connectivity index (χ1v) is 9.84. The fourth-order valence-corrected chi connectivity index (χ4v) is 3.20. The van der Waals surface area contributed by atoms with Crippen LogP contribution in [-0.2, 0) is 0 Å². The summed E-state index contributed by atoms with van der Waals surface area (Å²) < 4.78 is 6.21. The van der Waals surface area contributed by atoms with Crippen molar-refractivity contribution in [3.05, 3.63) is 97.9 Å². The lowest BCUT2D eigenvalue weighted by Crippen LogP contribution is -2.17. The average Bonchev–Trinajstić information content (AvgIpc) is 2.70. The molecule has 3 aromatic rings. The summed E-state index contributed by atoms with van der Waals surface area (Å²) in [6, 6.07) is 18.2. The van der Waals surface area contributed by atoms with E-state index >= 15 is 0 Å². The molecule has 3 aromatic carbocycles. The highest BCUT2D eigenvalue weighted by atomic mass is 79.9. The van der Waals surface area contributed by atoms with Gasteiger partial charge in [0.15, 0.2) is 0 Å². The molecule has 0 spiro atoms. The van der Waals surface area contributed by atoms with Crippen molar-refractivity contribution < 1.29 is 14.3 Å². The van der Waals surface area contributed by atoms with Crippen molar-refractivity contribution in [1.82, 2.24) is 5.43 Å². The van der Waals surface area contributed by atoms with Gasteiger partial charge in [0.25, 0.3) is 5.91 Å². The van der Waals surface area contributed by atoms with E-state index in [-0.39, 0.29) is 22.2 Å². The second-order valence-corrected chi connectivity index (χ2v) is 7.52. The Bertz CT molecular complexity index is 1090. The Morgan fingerprint density at radius 2 is 1.76 bits per heavy atom. The molecule has 5 nitrogen and oxygen atoms in total. The van der Waals surface area contributed by atoms with Gasteiger partial charge in [0.05, 0.1) is 16.8 Å². The van der Waals surface area contributed by atoms with E-state index in [9.17, 15) is 9.59 Å². The quantitative estimate of drug-likeness (QED) is 0.214. The van der Waals surface area contributed by atoms with Crippen LogP contribution in [0, 0.1) is 0 Å². The normalized spacial score (nSPS) is 10.7. The average molecular weight is 492 g/mol. The zero-order chi connectivity index (χ0) is 20.8. The summed E-state index contributed by atoms with van der Waals surface area (Å²) >= 11 is 15.3. The van der Waals surface area contributed by atoms with Gasteiger partial charge in [0, 0.05) is 20.6 Å². The lowest BCUT2D eigenvalue weighted by atomic mass is 10.2. The standard InChI is InChI=1S/C21H13BrCl2N2O3/c22-15-6-9-19(29-21(28)17-8-7-16(23)11-18(17)24)14(10-15)12-25-26-20(27)13-4-2-1-3-5-13/h1-12H,(H,26,27)/b25-12+. The summed E-state index contributed by atoms with van der Waals surface area (Å²) in [6.45, 7) is 0. The summed E-state index contributed by atoms with van der Waals surface area (Å²) in [5, 5.41) is 4.55. The van der Waals surface area contributed by atoms with Crippen molar-refractivity contribution in [2.45, 2.75) is 0 Å². The highest BCUT2D eigenvalue weighted by Crippen LogP contribution is 2.26. The molecule has 0 aliphatic rings. The number of benzene rings is 3. The second kappa shape index (κ2) is 9.69. The maximum Gasteiger partial charge on any atom is 0.345 e. The number of ether oxygens (including phenoxy) is 1. The van der Waals surface area contributed by atoms with Crippen LogP contribution in [-0.4, -0.2) is 18.1 Å². The van der Waals surface area contributed by atoms with E-state index in [0.29, 0.717) is 16.1 Å². The Hall–Kier alpha value is -2.67.